The molecule has 1 aliphatic rings. The molecule has 0 aromatic carbocycles. The molecule has 6 atom stereocenters. The van der Waals surface area contributed by atoms with E-state index in [2.05, 4.69) is 6.92 Å². The maximum Gasteiger partial charge on any atom is 0.331 e. The van der Waals surface area contributed by atoms with E-state index in [-0.39, 0.29) is 44.6 Å². The number of ether oxygens (including phenoxy) is 3. The van der Waals surface area contributed by atoms with Crippen LogP contribution in [0.3, 0.4) is 0 Å². The van der Waals surface area contributed by atoms with Crippen molar-refractivity contribution in [2.75, 3.05) is 26.4 Å². The Morgan fingerprint density at radius 1 is 0.614 bits per heavy atom. The molecule has 9 heteroatoms. The topological polar surface area (TPSA) is 146 Å². The Kier molecular flexibility index (Phi) is 25.2. The summed E-state index contributed by atoms with van der Waals surface area (Å²) in [5.74, 6) is -0.227. The number of cyclic esters (lactones) is 1. The molecule has 0 radical (unpaired) electrons. The van der Waals surface area contributed by atoms with Gasteiger partial charge in [0.05, 0.1) is 44.7 Å². The quantitative estimate of drug-likeness (QED) is 0.0494. The maximum atomic E-state index is 11.2. The predicted octanol–water partition coefficient (Wildman–Crippen LogP) is 5.52. The molecule has 0 amide bonds. The summed E-state index contributed by atoms with van der Waals surface area (Å²) < 4.78 is 15.9. The third kappa shape index (κ3) is 22.4. The number of esters is 1. The zero-order valence-electron chi connectivity index (χ0n) is 27.9. The summed E-state index contributed by atoms with van der Waals surface area (Å²) >= 11 is 0. The van der Waals surface area contributed by atoms with Crippen LogP contribution in [0.2, 0.25) is 0 Å². The van der Waals surface area contributed by atoms with Crippen molar-refractivity contribution < 1.29 is 44.5 Å². The second-order valence-corrected chi connectivity index (χ2v) is 12.8. The molecule has 1 aliphatic heterocycles. The molecule has 9 nitrogen and oxygen atoms in total. The molecule has 0 aliphatic carbocycles. The van der Waals surface area contributed by atoms with Crippen LogP contribution in [-0.4, -0.2) is 94.6 Å². The van der Waals surface area contributed by atoms with E-state index in [1.807, 2.05) is 6.92 Å². The first kappa shape index (κ1) is 41.0. The van der Waals surface area contributed by atoms with Crippen molar-refractivity contribution in [2.45, 2.75) is 179 Å². The second-order valence-electron chi connectivity index (χ2n) is 12.8. The third-order valence-electron chi connectivity index (χ3n) is 8.48. The van der Waals surface area contributed by atoms with Crippen LogP contribution in [0.1, 0.15) is 142 Å². The van der Waals surface area contributed by atoms with Gasteiger partial charge in [-0.15, -0.1) is 0 Å². The van der Waals surface area contributed by atoms with E-state index in [1.165, 1.54) is 38.5 Å². The minimum atomic E-state index is -1.13. The van der Waals surface area contributed by atoms with Crippen molar-refractivity contribution in [1.82, 2.24) is 0 Å². The number of hydrogen-bond acceptors (Lipinski definition) is 9. The van der Waals surface area contributed by atoms with E-state index in [0.717, 1.165) is 76.2 Å². The van der Waals surface area contributed by atoms with Gasteiger partial charge in [0.1, 0.15) is 18.3 Å². The highest BCUT2D eigenvalue weighted by atomic mass is 16.5. The van der Waals surface area contributed by atoms with Crippen LogP contribution in [0.5, 0.6) is 0 Å². The SMILES string of the molecule is CCCCCCCCCC[C@H](O)COC[C@@H](O)[C@H](O)COC[C@@H](O)CCCC[C@H](O)CCCCCCCC1=CC(=O)O[C@H]1C. The van der Waals surface area contributed by atoms with E-state index in [9.17, 15) is 30.3 Å². The van der Waals surface area contributed by atoms with Crippen LogP contribution in [0, 0.1) is 0 Å². The van der Waals surface area contributed by atoms with Crippen LogP contribution < -0.4 is 0 Å². The molecule has 0 fully saturated rings. The van der Waals surface area contributed by atoms with Crippen LogP contribution in [0.15, 0.2) is 11.6 Å². The highest BCUT2D eigenvalue weighted by Crippen LogP contribution is 2.22. The van der Waals surface area contributed by atoms with Crippen LogP contribution >= 0.6 is 0 Å². The Morgan fingerprint density at radius 3 is 1.48 bits per heavy atom. The van der Waals surface area contributed by atoms with Crippen LogP contribution in [0.4, 0.5) is 0 Å². The number of rotatable bonds is 31. The lowest BCUT2D eigenvalue weighted by Gasteiger charge is -2.20. The average Bonchev–Trinajstić information content (AvgIpc) is 3.32. The minimum Gasteiger partial charge on any atom is -0.455 e. The van der Waals surface area contributed by atoms with E-state index in [1.54, 1.807) is 6.08 Å². The lowest BCUT2D eigenvalue weighted by Crippen LogP contribution is -2.36. The molecule has 1 rings (SSSR count). The molecule has 260 valence electrons. The van der Waals surface area contributed by atoms with Gasteiger partial charge in [-0.2, -0.15) is 0 Å². The highest BCUT2D eigenvalue weighted by molar-refractivity contribution is 5.85. The molecular weight excluding hydrogens is 564 g/mol. The van der Waals surface area contributed by atoms with E-state index >= 15 is 0 Å². The van der Waals surface area contributed by atoms with Gasteiger partial charge in [0.25, 0.3) is 0 Å². The summed E-state index contributed by atoms with van der Waals surface area (Å²) in [5, 5.41) is 50.6. The first-order chi connectivity index (χ1) is 21.2. The van der Waals surface area contributed by atoms with E-state index in [0.29, 0.717) is 19.3 Å². The van der Waals surface area contributed by atoms with Gasteiger partial charge in [0.15, 0.2) is 0 Å². The molecular formula is C35H66O9. The summed E-state index contributed by atoms with van der Waals surface area (Å²) in [6.07, 6.45) is 18.1. The zero-order chi connectivity index (χ0) is 32.4. The Hall–Kier alpha value is -1.07. The minimum absolute atomic E-state index is 0.0734. The molecule has 0 spiro atoms. The Bertz CT molecular complexity index is 716. The number of carbonyl (C=O) groups is 1. The molecule has 0 saturated carbocycles. The number of unbranched alkanes of at least 4 members (excludes halogenated alkanes) is 12. The van der Waals surface area contributed by atoms with Crippen molar-refractivity contribution in [3.63, 3.8) is 0 Å². The zero-order valence-corrected chi connectivity index (χ0v) is 27.9. The first-order valence-electron chi connectivity index (χ1n) is 17.7. The number of aliphatic hydroxyl groups excluding tert-OH is 5. The van der Waals surface area contributed by atoms with Crippen molar-refractivity contribution in [1.29, 1.82) is 0 Å². The average molecular weight is 631 g/mol. The van der Waals surface area contributed by atoms with Crippen molar-refractivity contribution in [3.05, 3.63) is 11.6 Å². The summed E-state index contributed by atoms with van der Waals surface area (Å²) in [4.78, 5) is 11.2. The van der Waals surface area contributed by atoms with Crippen molar-refractivity contribution in [3.8, 4) is 0 Å². The van der Waals surface area contributed by atoms with Gasteiger partial charge >= 0.3 is 5.97 Å². The van der Waals surface area contributed by atoms with Gasteiger partial charge in [0, 0.05) is 6.08 Å². The first-order valence-corrected chi connectivity index (χ1v) is 17.7. The van der Waals surface area contributed by atoms with Gasteiger partial charge < -0.3 is 39.7 Å². The standard InChI is InChI=1S/C35H66O9/c1-3-4-5-6-7-8-11-15-21-31(37)24-42-26-33(39)34(40)27-43-25-32(38)22-17-16-20-30(36)19-14-12-9-10-13-18-29-23-35(41)44-28(29)2/h23,28,30-34,36-40H,3-22,24-27H2,1-2H3/t28-,30+,31-,32-,33+,34+/m0/s1. The summed E-state index contributed by atoms with van der Waals surface area (Å²) in [5.41, 5.74) is 1.09. The van der Waals surface area contributed by atoms with Crippen LogP contribution in [-0.2, 0) is 19.0 Å². The molecule has 0 aromatic rings. The number of hydrogen-bond donors (Lipinski definition) is 5. The largest absolute Gasteiger partial charge is 0.455 e. The summed E-state index contributed by atoms with van der Waals surface area (Å²) in [6.45, 7) is 4.15. The lowest BCUT2D eigenvalue weighted by molar-refractivity contribution is -0.138. The van der Waals surface area contributed by atoms with Gasteiger partial charge in [-0.25, -0.2) is 4.79 Å². The Morgan fingerprint density at radius 2 is 1.02 bits per heavy atom. The molecule has 0 aromatic heterocycles. The fourth-order valence-electron chi connectivity index (χ4n) is 5.52. The number of aliphatic hydroxyl groups is 5. The second kappa shape index (κ2) is 27.1. The molecule has 1 heterocycles. The van der Waals surface area contributed by atoms with Crippen LogP contribution in [0.25, 0.3) is 0 Å². The van der Waals surface area contributed by atoms with Gasteiger partial charge in [0.2, 0.25) is 0 Å². The van der Waals surface area contributed by atoms with E-state index < -0.39 is 24.4 Å². The molecule has 0 bridgehead atoms. The Labute approximate surface area is 267 Å². The molecule has 44 heavy (non-hydrogen) atoms. The molecule has 0 unspecified atom stereocenters. The third-order valence-corrected chi connectivity index (χ3v) is 8.48. The maximum absolute atomic E-state index is 11.2. The fourth-order valence-corrected chi connectivity index (χ4v) is 5.52. The summed E-state index contributed by atoms with van der Waals surface area (Å²) in [7, 11) is 0. The molecule has 0 saturated heterocycles. The van der Waals surface area contributed by atoms with E-state index in [4.69, 9.17) is 14.2 Å². The predicted molar refractivity (Wildman–Crippen MR) is 173 cm³/mol. The van der Waals surface area contributed by atoms with Gasteiger partial charge in [-0.3, -0.25) is 0 Å². The highest BCUT2D eigenvalue weighted by Gasteiger charge is 2.21. The molecule has 5 N–H and O–H groups in total. The smallest absolute Gasteiger partial charge is 0.331 e. The lowest BCUT2D eigenvalue weighted by atomic mass is 10.0. The Balaban J connectivity index is 1.91. The van der Waals surface area contributed by atoms with Gasteiger partial charge in [-0.1, -0.05) is 96.8 Å². The normalized spacial score (nSPS) is 18.6. The fraction of sp³-hybridized carbons (Fsp3) is 0.914. The number of carbonyl (C=O) groups excluding carboxylic acids is 1. The van der Waals surface area contributed by atoms with Crippen molar-refractivity contribution in [2.24, 2.45) is 0 Å². The van der Waals surface area contributed by atoms with Crippen molar-refractivity contribution >= 4 is 5.97 Å². The van der Waals surface area contributed by atoms with Gasteiger partial charge in [-0.05, 0) is 51.0 Å². The summed E-state index contributed by atoms with van der Waals surface area (Å²) in [6, 6.07) is 0. The monoisotopic (exact) mass is 630 g/mol.